The molecule has 1 amide bonds. The fourth-order valence-corrected chi connectivity index (χ4v) is 1.64. The minimum atomic E-state index is -0.320. The second-order valence-corrected chi connectivity index (χ2v) is 4.54. The van der Waals surface area contributed by atoms with Gasteiger partial charge in [-0.05, 0) is 30.7 Å². The maximum Gasteiger partial charge on any atom is 0.255 e. The number of hydrogen-bond acceptors (Lipinski definition) is 2. The van der Waals surface area contributed by atoms with Crippen LogP contribution in [-0.4, -0.2) is 11.0 Å². The first kappa shape index (κ1) is 18.2. The average molecular weight is 338 g/mol. The van der Waals surface area contributed by atoms with Crippen LogP contribution in [0, 0.1) is 6.92 Å². The third-order valence-corrected chi connectivity index (χ3v) is 3.13. The van der Waals surface area contributed by atoms with Gasteiger partial charge in [-0.15, -0.1) is 0 Å². The van der Waals surface area contributed by atoms with E-state index in [9.17, 15) is 9.90 Å². The van der Waals surface area contributed by atoms with Crippen LogP contribution in [0.5, 0.6) is 0 Å². The van der Waals surface area contributed by atoms with E-state index in [1.165, 1.54) is 12.2 Å². The van der Waals surface area contributed by atoms with Crippen LogP contribution in [-0.2, 0) is 0 Å². The Kier molecular flexibility index (Phi) is 8.32. The zero-order valence-corrected chi connectivity index (χ0v) is 13.6. The van der Waals surface area contributed by atoms with Crippen molar-refractivity contribution in [3.8, 4) is 0 Å². The number of carbonyl (C=O) groups is 1. The van der Waals surface area contributed by atoms with E-state index in [2.05, 4.69) is 34.4 Å². The molecular formula is C16H20BrNO2. The molecule has 0 bridgehead atoms. The number of carbonyl (C=O) groups excluding carboxylic acids is 1. The number of nitrogens with one attached hydrogen (secondary N) is 1. The van der Waals surface area contributed by atoms with E-state index in [1.54, 1.807) is 12.1 Å². The lowest BCUT2D eigenvalue weighted by atomic mass is 10.1. The van der Waals surface area contributed by atoms with Crippen LogP contribution < -0.4 is 5.32 Å². The molecule has 0 saturated carbocycles. The molecule has 0 fully saturated rings. The lowest BCUT2D eigenvalue weighted by Gasteiger charge is -2.09. The highest BCUT2D eigenvalue weighted by molar-refractivity contribution is 9.10. The van der Waals surface area contributed by atoms with Gasteiger partial charge in [-0.2, -0.15) is 0 Å². The smallest absolute Gasteiger partial charge is 0.255 e. The van der Waals surface area contributed by atoms with Crippen LogP contribution in [0.4, 0.5) is 0 Å². The molecule has 1 aromatic carbocycles. The van der Waals surface area contributed by atoms with Gasteiger partial charge in [0.15, 0.2) is 0 Å². The summed E-state index contributed by atoms with van der Waals surface area (Å²) >= 11 is 3.36. The topological polar surface area (TPSA) is 49.3 Å². The molecule has 0 aliphatic heterocycles. The first-order valence-electron chi connectivity index (χ1n) is 6.24. The third kappa shape index (κ3) is 5.45. The molecule has 2 N–H and O–H groups in total. The van der Waals surface area contributed by atoms with Gasteiger partial charge in [0.2, 0.25) is 0 Å². The normalized spacial score (nSPS) is 10.1. The van der Waals surface area contributed by atoms with Crippen molar-refractivity contribution >= 4 is 21.8 Å². The van der Waals surface area contributed by atoms with E-state index < -0.39 is 0 Å². The third-order valence-electron chi connectivity index (χ3n) is 2.28. The van der Waals surface area contributed by atoms with Gasteiger partial charge in [0.25, 0.3) is 5.91 Å². The maximum atomic E-state index is 11.9. The predicted octanol–water partition coefficient (Wildman–Crippen LogP) is 4.66. The van der Waals surface area contributed by atoms with Crippen molar-refractivity contribution in [2.75, 3.05) is 0 Å². The standard InChI is InChI=1S/C14H14BrNO2.C2H6/c1-4-5-13(10(3)17)16-14(18)11-7-6-9(2)12(15)8-11;1-2/h4-8,17H,1,3H2,2H3,(H,16,18);1-2H3/b13-5+;. The Morgan fingerprint density at radius 1 is 1.40 bits per heavy atom. The van der Waals surface area contributed by atoms with E-state index in [-0.39, 0.29) is 17.4 Å². The van der Waals surface area contributed by atoms with Crippen LogP contribution in [0.3, 0.4) is 0 Å². The quantitative estimate of drug-likeness (QED) is 0.620. The zero-order chi connectivity index (χ0) is 15.7. The molecule has 0 aliphatic rings. The minimum Gasteiger partial charge on any atom is -0.506 e. The molecule has 0 saturated heterocycles. The van der Waals surface area contributed by atoms with E-state index in [4.69, 9.17) is 0 Å². The molecule has 0 atom stereocenters. The number of rotatable bonds is 4. The molecule has 0 aliphatic carbocycles. The largest absolute Gasteiger partial charge is 0.506 e. The molecular weight excluding hydrogens is 318 g/mol. The minimum absolute atomic E-state index is 0.213. The highest BCUT2D eigenvalue weighted by Gasteiger charge is 2.10. The van der Waals surface area contributed by atoms with Gasteiger partial charge < -0.3 is 10.4 Å². The van der Waals surface area contributed by atoms with Gasteiger partial charge in [0, 0.05) is 10.0 Å². The summed E-state index contributed by atoms with van der Waals surface area (Å²) in [7, 11) is 0. The number of aliphatic hydroxyl groups excluding tert-OH is 1. The van der Waals surface area contributed by atoms with Crippen molar-refractivity contribution < 1.29 is 9.90 Å². The molecule has 0 spiro atoms. The summed E-state index contributed by atoms with van der Waals surface area (Å²) in [4.78, 5) is 11.9. The SMILES string of the molecule is C=C/C=C(/NC(=O)c1ccc(C)c(Br)c1)C(=C)O.CC. The average Bonchev–Trinajstić information content (AvgIpc) is 2.43. The Bertz CT molecular complexity index is 533. The molecule has 0 heterocycles. The Balaban J connectivity index is 0.00000172. The van der Waals surface area contributed by atoms with E-state index in [0.29, 0.717) is 5.56 Å². The van der Waals surface area contributed by atoms with Gasteiger partial charge in [-0.1, -0.05) is 55.1 Å². The van der Waals surface area contributed by atoms with E-state index in [0.717, 1.165) is 10.0 Å². The van der Waals surface area contributed by atoms with Crippen molar-refractivity contribution in [3.63, 3.8) is 0 Å². The van der Waals surface area contributed by atoms with Gasteiger partial charge in [-0.3, -0.25) is 4.79 Å². The monoisotopic (exact) mass is 337 g/mol. The van der Waals surface area contributed by atoms with Gasteiger partial charge in [0.1, 0.15) is 5.76 Å². The second-order valence-electron chi connectivity index (χ2n) is 3.68. The summed E-state index contributed by atoms with van der Waals surface area (Å²) in [6, 6.07) is 5.26. The first-order chi connectivity index (χ1) is 9.45. The van der Waals surface area contributed by atoms with E-state index in [1.807, 2.05) is 26.8 Å². The number of allylic oxidation sites excluding steroid dienone is 2. The van der Waals surface area contributed by atoms with Gasteiger partial charge in [-0.25, -0.2) is 0 Å². The number of aliphatic hydroxyl groups is 1. The van der Waals surface area contributed by atoms with Gasteiger partial charge in [0.05, 0.1) is 5.70 Å². The van der Waals surface area contributed by atoms with Crippen molar-refractivity contribution in [2.45, 2.75) is 20.8 Å². The number of aryl methyl sites for hydroxylation is 1. The summed E-state index contributed by atoms with van der Waals surface area (Å²) in [6.07, 6.45) is 2.94. The zero-order valence-electron chi connectivity index (χ0n) is 12.0. The lowest BCUT2D eigenvalue weighted by molar-refractivity contribution is 0.0964. The number of halogens is 1. The molecule has 0 aromatic heterocycles. The molecule has 1 aromatic rings. The maximum absolute atomic E-state index is 11.9. The first-order valence-corrected chi connectivity index (χ1v) is 7.03. The molecule has 20 heavy (non-hydrogen) atoms. The summed E-state index contributed by atoms with van der Waals surface area (Å²) in [5, 5.41) is 11.9. The predicted molar refractivity (Wildman–Crippen MR) is 87.7 cm³/mol. The summed E-state index contributed by atoms with van der Waals surface area (Å²) in [5.41, 5.74) is 1.76. The number of hydrogen-bond donors (Lipinski definition) is 2. The fourth-order valence-electron chi connectivity index (χ4n) is 1.26. The van der Waals surface area contributed by atoms with E-state index >= 15 is 0 Å². The van der Waals surface area contributed by atoms with Gasteiger partial charge >= 0.3 is 0 Å². The van der Waals surface area contributed by atoms with Crippen molar-refractivity contribution in [2.24, 2.45) is 0 Å². The molecule has 0 unspecified atom stereocenters. The Morgan fingerprint density at radius 3 is 2.45 bits per heavy atom. The molecule has 3 nitrogen and oxygen atoms in total. The van der Waals surface area contributed by atoms with Crippen molar-refractivity contribution in [1.82, 2.24) is 5.32 Å². The van der Waals surface area contributed by atoms with Crippen molar-refractivity contribution in [3.05, 3.63) is 70.6 Å². The van der Waals surface area contributed by atoms with Crippen LogP contribution in [0.2, 0.25) is 0 Å². The van der Waals surface area contributed by atoms with Crippen LogP contribution >= 0.6 is 15.9 Å². The highest BCUT2D eigenvalue weighted by atomic mass is 79.9. The Labute approximate surface area is 128 Å². The molecule has 1 rings (SSSR count). The fraction of sp³-hybridized carbons (Fsp3) is 0.188. The Morgan fingerprint density at radius 2 is 2.00 bits per heavy atom. The number of benzene rings is 1. The summed E-state index contributed by atoms with van der Waals surface area (Å²) in [6.45, 7) is 12.8. The molecule has 0 radical (unpaired) electrons. The van der Waals surface area contributed by atoms with Crippen LogP contribution in [0.25, 0.3) is 0 Å². The van der Waals surface area contributed by atoms with Crippen molar-refractivity contribution in [1.29, 1.82) is 0 Å². The highest BCUT2D eigenvalue weighted by Crippen LogP contribution is 2.17. The van der Waals surface area contributed by atoms with Crippen LogP contribution in [0.15, 0.2) is 59.4 Å². The lowest BCUT2D eigenvalue weighted by Crippen LogP contribution is -2.23. The second kappa shape index (κ2) is 9.15. The summed E-state index contributed by atoms with van der Waals surface area (Å²) in [5.74, 6) is -0.534. The summed E-state index contributed by atoms with van der Waals surface area (Å²) < 4.78 is 0.854. The van der Waals surface area contributed by atoms with Crippen LogP contribution in [0.1, 0.15) is 29.8 Å². The molecule has 4 heteroatoms. The Hall–Kier alpha value is -1.81. The molecule has 108 valence electrons. The number of amides is 1.